The lowest BCUT2D eigenvalue weighted by molar-refractivity contribution is -0.152. The minimum absolute atomic E-state index is 0.809. The molecular formula is C8H6O3. The number of rotatable bonds is 2. The van der Waals surface area contributed by atoms with Crippen LogP contribution in [0.1, 0.15) is 0 Å². The summed E-state index contributed by atoms with van der Waals surface area (Å²) in [5, 5.41) is 0. The molecule has 0 rings (SSSR count). The van der Waals surface area contributed by atoms with Crippen LogP contribution in [-0.2, 0) is 14.3 Å². The van der Waals surface area contributed by atoms with Gasteiger partial charge in [-0.1, -0.05) is 13.2 Å². The van der Waals surface area contributed by atoms with Gasteiger partial charge in [0.2, 0.25) is 0 Å². The summed E-state index contributed by atoms with van der Waals surface area (Å²) in [5.74, 6) is -1.62. The highest BCUT2D eigenvalue weighted by molar-refractivity contribution is 5.96. The molecule has 0 N–H and O–H groups in total. The Bertz CT molecular complexity index is 235. The van der Waals surface area contributed by atoms with Crippen molar-refractivity contribution >= 4 is 11.9 Å². The van der Waals surface area contributed by atoms with Gasteiger partial charge >= 0.3 is 11.9 Å². The largest absolute Gasteiger partial charge is 0.386 e. The maximum atomic E-state index is 10.5. The summed E-state index contributed by atoms with van der Waals surface area (Å²) < 4.78 is 4.14. The van der Waals surface area contributed by atoms with E-state index in [0.717, 1.165) is 12.2 Å². The highest BCUT2D eigenvalue weighted by atomic mass is 16.6. The van der Waals surface area contributed by atoms with Gasteiger partial charge in [-0.15, -0.1) is 11.5 Å². The predicted molar refractivity (Wildman–Crippen MR) is 38.5 cm³/mol. The number of carbonyl (C=O) groups excluding carboxylic acids is 2. The number of ether oxygens (including phenoxy) is 1. The molecule has 56 valence electrons. The SMILES string of the molecule is C=C=CC(=O)OC(=O)C=C=C. The first kappa shape index (κ1) is 9.18. The topological polar surface area (TPSA) is 43.4 Å². The second kappa shape index (κ2) is 5.00. The standard InChI is InChI=1S/C8H6O3/c1-3-5-7(9)11-8(10)6-4-2/h5-6H,1-2H2. The van der Waals surface area contributed by atoms with Gasteiger partial charge in [0.1, 0.15) is 0 Å². The molecule has 0 aromatic heterocycles. The molecule has 0 aliphatic heterocycles. The molecule has 0 unspecified atom stereocenters. The van der Waals surface area contributed by atoms with Crippen molar-refractivity contribution < 1.29 is 14.3 Å². The van der Waals surface area contributed by atoms with Crippen molar-refractivity contribution in [3.05, 3.63) is 36.8 Å². The fourth-order valence-corrected chi connectivity index (χ4v) is 0.325. The monoisotopic (exact) mass is 150 g/mol. The fraction of sp³-hybridized carbons (Fsp3) is 0. The summed E-state index contributed by atoms with van der Waals surface area (Å²) >= 11 is 0. The molecule has 0 heterocycles. The molecule has 0 bridgehead atoms. The third-order valence-electron chi connectivity index (χ3n) is 0.641. The lowest BCUT2D eigenvalue weighted by Crippen LogP contribution is -2.06. The van der Waals surface area contributed by atoms with Crippen molar-refractivity contribution in [3.8, 4) is 0 Å². The minimum atomic E-state index is -0.809. The highest BCUT2D eigenvalue weighted by Gasteiger charge is 2.01. The van der Waals surface area contributed by atoms with E-state index in [2.05, 4.69) is 29.4 Å². The quantitative estimate of drug-likeness (QED) is 0.252. The second-order valence-electron chi connectivity index (χ2n) is 1.44. The Balaban J connectivity index is 4.05. The third-order valence-corrected chi connectivity index (χ3v) is 0.641. The van der Waals surface area contributed by atoms with Crippen molar-refractivity contribution in [1.82, 2.24) is 0 Å². The Kier molecular flexibility index (Phi) is 4.18. The van der Waals surface area contributed by atoms with Crippen molar-refractivity contribution in [2.45, 2.75) is 0 Å². The maximum Gasteiger partial charge on any atom is 0.346 e. The number of carbonyl (C=O) groups is 2. The Hall–Kier alpha value is -1.82. The van der Waals surface area contributed by atoms with Crippen LogP contribution in [0.15, 0.2) is 36.8 Å². The van der Waals surface area contributed by atoms with E-state index in [9.17, 15) is 9.59 Å². The van der Waals surface area contributed by atoms with Gasteiger partial charge in [-0.05, 0) is 0 Å². The van der Waals surface area contributed by atoms with Gasteiger partial charge in [0.25, 0.3) is 0 Å². The van der Waals surface area contributed by atoms with E-state index >= 15 is 0 Å². The van der Waals surface area contributed by atoms with Crippen LogP contribution in [0.5, 0.6) is 0 Å². The van der Waals surface area contributed by atoms with Crippen molar-refractivity contribution in [1.29, 1.82) is 0 Å². The van der Waals surface area contributed by atoms with E-state index in [1.807, 2.05) is 0 Å². The van der Waals surface area contributed by atoms with Gasteiger partial charge in [0.15, 0.2) is 0 Å². The smallest absolute Gasteiger partial charge is 0.346 e. The van der Waals surface area contributed by atoms with Crippen LogP contribution in [-0.4, -0.2) is 11.9 Å². The van der Waals surface area contributed by atoms with E-state index in [-0.39, 0.29) is 0 Å². The zero-order valence-electron chi connectivity index (χ0n) is 5.79. The molecule has 0 fully saturated rings. The van der Waals surface area contributed by atoms with E-state index in [4.69, 9.17) is 0 Å². The van der Waals surface area contributed by atoms with Crippen LogP contribution < -0.4 is 0 Å². The lowest BCUT2D eigenvalue weighted by atomic mass is 10.6. The van der Waals surface area contributed by atoms with E-state index in [1.165, 1.54) is 0 Å². The van der Waals surface area contributed by atoms with Gasteiger partial charge in [-0.25, -0.2) is 9.59 Å². The lowest BCUT2D eigenvalue weighted by Gasteiger charge is -1.89. The van der Waals surface area contributed by atoms with Crippen LogP contribution in [0, 0.1) is 0 Å². The summed E-state index contributed by atoms with van der Waals surface area (Å²) in [7, 11) is 0. The number of hydrogen-bond acceptors (Lipinski definition) is 3. The van der Waals surface area contributed by atoms with E-state index in [1.54, 1.807) is 0 Å². The Morgan fingerprint density at radius 2 is 1.45 bits per heavy atom. The molecule has 0 aromatic carbocycles. The molecule has 3 heteroatoms. The van der Waals surface area contributed by atoms with Gasteiger partial charge in [0, 0.05) is 0 Å². The van der Waals surface area contributed by atoms with Crippen LogP contribution >= 0.6 is 0 Å². The molecule has 0 saturated carbocycles. The van der Waals surface area contributed by atoms with Gasteiger partial charge < -0.3 is 4.74 Å². The summed E-state index contributed by atoms with van der Waals surface area (Å²) in [4.78, 5) is 20.9. The highest BCUT2D eigenvalue weighted by Crippen LogP contribution is 1.82. The zero-order valence-corrected chi connectivity index (χ0v) is 5.79. The van der Waals surface area contributed by atoms with Crippen molar-refractivity contribution in [3.63, 3.8) is 0 Å². The van der Waals surface area contributed by atoms with Crippen LogP contribution in [0.4, 0.5) is 0 Å². The number of esters is 2. The van der Waals surface area contributed by atoms with Gasteiger partial charge in [-0.2, -0.15) is 0 Å². The van der Waals surface area contributed by atoms with Gasteiger partial charge in [0.05, 0.1) is 12.2 Å². The Morgan fingerprint density at radius 3 is 1.73 bits per heavy atom. The van der Waals surface area contributed by atoms with Crippen LogP contribution in [0.2, 0.25) is 0 Å². The average Bonchev–Trinajstić information content (AvgIpc) is 1.87. The molecular weight excluding hydrogens is 144 g/mol. The first-order valence-electron chi connectivity index (χ1n) is 2.68. The van der Waals surface area contributed by atoms with Crippen LogP contribution in [0.25, 0.3) is 0 Å². The summed E-state index contributed by atoms with van der Waals surface area (Å²) in [6.45, 7) is 6.25. The first-order valence-corrected chi connectivity index (χ1v) is 2.68. The second-order valence-corrected chi connectivity index (χ2v) is 1.44. The molecule has 0 atom stereocenters. The summed E-state index contributed by atoms with van der Waals surface area (Å²) in [6.07, 6.45) is 1.82. The maximum absolute atomic E-state index is 10.5. The molecule has 3 nitrogen and oxygen atoms in total. The molecule has 0 radical (unpaired) electrons. The molecule has 0 saturated heterocycles. The Labute approximate surface area is 64.0 Å². The zero-order chi connectivity index (χ0) is 8.69. The summed E-state index contributed by atoms with van der Waals surface area (Å²) in [6, 6.07) is 0. The average molecular weight is 150 g/mol. The fourth-order valence-electron chi connectivity index (χ4n) is 0.325. The van der Waals surface area contributed by atoms with Crippen molar-refractivity contribution in [2.75, 3.05) is 0 Å². The normalized spacial score (nSPS) is 6.91. The van der Waals surface area contributed by atoms with E-state index in [0.29, 0.717) is 0 Å². The predicted octanol–water partition coefficient (Wildman–Crippen LogP) is 0.738. The summed E-state index contributed by atoms with van der Waals surface area (Å²) in [5.41, 5.74) is 4.33. The molecule has 0 aliphatic carbocycles. The van der Waals surface area contributed by atoms with E-state index < -0.39 is 11.9 Å². The van der Waals surface area contributed by atoms with Crippen LogP contribution in [0.3, 0.4) is 0 Å². The molecule has 11 heavy (non-hydrogen) atoms. The third kappa shape index (κ3) is 4.67. The first-order chi connectivity index (χ1) is 5.20. The molecule has 0 aromatic rings. The number of hydrogen-bond donors (Lipinski definition) is 0. The molecule has 0 spiro atoms. The molecule has 0 aliphatic rings. The minimum Gasteiger partial charge on any atom is -0.386 e. The van der Waals surface area contributed by atoms with Crippen molar-refractivity contribution in [2.24, 2.45) is 0 Å². The van der Waals surface area contributed by atoms with Gasteiger partial charge in [-0.3, -0.25) is 0 Å². The Morgan fingerprint density at radius 1 is 1.09 bits per heavy atom. The molecule has 0 amide bonds.